The van der Waals surface area contributed by atoms with Crippen molar-refractivity contribution < 1.29 is 9.13 Å². The van der Waals surface area contributed by atoms with Gasteiger partial charge in [-0.15, -0.1) is 0 Å². The lowest BCUT2D eigenvalue weighted by Crippen LogP contribution is -2.43. The SMILES string of the molecule is F[C@H]1CCCN([C@@H]2CCOC2)C1. The van der Waals surface area contributed by atoms with Crippen molar-refractivity contribution in [3.8, 4) is 0 Å². The molecular formula is C9H16FNO. The number of rotatable bonds is 1. The van der Waals surface area contributed by atoms with E-state index in [0.717, 1.165) is 39.0 Å². The van der Waals surface area contributed by atoms with Crippen molar-refractivity contribution in [3.05, 3.63) is 0 Å². The van der Waals surface area contributed by atoms with Crippen molar-refractivity contribution >= 4 is 0 Å². The van der Waals surface area contributed by atoms with Gasteiger partial charge in [-0.2, -0.15) is 0 Å². The molecule has 0 unspecified atom stereocenters. The Labute approximate surface area is 72.7 Å². The highest BCUT2D eigenvalue weighted by atomic mass is 19.1. The number of nitrogens with zero attached hydrogens (tertiary/aromatic N) is 1. The van der Waals surface area contributed by atoms with Gasteiger partial charge in [0.05, 0.1) is 6.61 Å². The van der Waals surface area contributed by atoms with E-state index in [1.165, 1.54) is 0 Å². The average Bonchev–Trinajstić information content (AvgIpc) is 2.56. The van der Waals surface area contributed by atoms with E-state index >= 15 is 0 Å². The molecule has 0 aromatic carbocycles. The molecule has 0 aromatic heterocycles. The molecule has 2 nitrogen and oxygen atoms in total. The summed E-state index contributed by atoms with van der Waals surface area (Å²) < 4.78 is 18.3. The van der Waals surface area contributed by atoms with E-state index in [2.05, 4.69) is 4.90 Å². The highest BCUT2D eigenvalue weighted by Crippen LogP contribution is 2.19. The molecule has 0 spiro atoms. The fraction of sp³-hybridized carbons (Fsp3) is 1.00. The van der Waals surface area contributed by atoms with Gasteiger partial charge in [-0.05, 0) is 25.8 Å². The number of piperidine rings is 1. The summed E-state index contributed by atoms with van der Waals surface area (Å²) in [5.74, 6) is 0. The van der Waals surface area contributed by atoms with Gasteiger partial charge < -0.3 is 4.74 Å². The molecule has 0 saturated carbocycles. The summed E-state index contributed by atoms with van der Waals surface area (Å²) in [5.41, 5.74) is 0. The van der Waals surface area contributed by atoms with Crippen molar-refractivity contribution in [1.29, 1.82) is 0 Å². The number of hydrogen-bond acceptors (Lipinski definition) is 2. The molecule has 0 amide bonds. The lowest BCUT2D eigenvalue weighted by molar-refractivity contribution is 0.0862. The molecule has 2 saturated heterocycles. The van der Waals surface area contributed by atoms with E-state index in [9.17, 15) is 4.39 Å². The molecule has 0 bridgehead atoms. The first-order valence-electron chi connectivity index (χ1n) is 4.82. The third kappa shape index (κ3) is 1.77. The van der Waals surface area contributed by atoms with Gasteiger partial charge in [-0.25, -0.2) is 4.39 Å². The number of ether oxygens (including phenoxy) is 1. The molecule has 2 aliphatic heterocycles. The number of hydrogen-bond donors (Lipinski definition) is 0. The van der Waals surface area contributed by atoms with Crippen LogP contribution in [0.3, 0.4) is 0 Å². The molecular weight excluding hydrogens is 157 g/mol. The van der Waals surface area contributed by atoms with E-state index in [1.54, 1.807) is 0 Å². The van der Waals surface area contributed by atoms with Gasteiger partial charge in [-0.3, -0.25) is 4.90 Å². The molecule has 0 aromatic rings. The Balaban J connectivity index is 1.85. The van der Waals surface area contributed by atoms with Crippen LogP contribution in [-0.2, 0) is 4.74 Å². The quantitative estimate of drug-likeness (QED) is 0.591. The van der Waals surface area contributed by atoms with Crippen LogP contribution in [-0.4, -0.2) is 43.4 Å². The molecule has 70 valence electrons. The van der Waals surface area contributed by atoms with Crippen molar-refractivity contribution in [1.82, 2.24) is 4.90 Å². The van der Waals surface area contributed by atoms with Gasteiger partial charge in [-0.1, -0.05) is 0 Å². The fourth-order valence-corrected chi connectivity index (χ4v) is 2.09. The average molecular weight is 173 g/mol. The highest BCUT2D eigenvalue weighted by molar-refractivity contribution is 4.81. The Hall–Kier alpha value is -0.150. The predicted molar refractivity (Wildman–Crippen MR) is 44.9 cm³/mol. The van der Waals surface area contributed by atoms with E-state index in [0.29, 0.717) is 12.6 Å². The van der Waals surface area contributed by atoms with E-state index in [-0.39, 0.29) is 0 Å². The Kier molecular flexibility index (Phi) is 2.61. The summed E-state index contributed by atoms with van der Waals surface area (Å²) in [7, 11) is 0. The molecule has 0 aliphatic carbocycles. The number of alkyl halides is 1. The zero-order valence-corrected chi connectivity index (χ0v) is 7.34. The van der Waals surface area contributed by atoms with Gasteiger partial charge in [0.2, 0.25) is 0 Å². The van der Waals surface area contributed by atoms with Gasteiger partial charge in [0.15, 0.2) is 0 Å². The number of halogens is 1. The number of likely N-dealkylation sites (tertiary alicyclic amines) is 1. The summed E-state index contributed by atoms with van der Waals surface area (Å²) in [4.78, 5) is 2.25. The first-order valence-corrected chi connectivity index (χ1v) is 4.82. The maximum absolute atomic E-state index is 13.0. The van der Waals surface area contributed by atoms with Crippen LogP contribution in [0.2, 0.25) is 0 Å². The van der Waals surface area contributed by atoms with E-state index in [4.69, 9.17) is 4.74 Å². The van der Waals surface area contributed by atoms with Gasteiger partial charge in [0, 0.05) is 19.2 Å². The monoisotopic (exact) mass is 173 g/mol. The molecule has 0 N–H and O–H groups in total. The third-order valence-electron chi connectivity index (χ3n) is 2.82. The zero-order valence-electron chi connectivity index (χ0n) is 7.34. The van der Waals surface area contributed by atoms with Crippen LogP contribution in [0.5, 0.6) is 0 Å². The second-order valence-corrected chi connectivity index (χ2v) is 3.75. The van der Waals surface area contributed by atoms with Crippen LogP contribution in [0.4, 0.5) is 4.39 Å². The largest absolute Gasteiger partial charge is 0.380 e. The molecule has 2 rings (SSSR count). The van der Waals surface area contributed by atoms with Gasteiger partial charge in [0.25, 0.3) is 0 Å². The highest BCUT2D eigenvalue weighted by Gasteiger charge is 2.27. The van der Waals surface area contributed by atoms with Crippen molar-refractivity contribution in [3.63, 3.8) is 0 Å². The van der Waals surface area contributed by atoms with Crippen molar-refractivity contribution in [2.45, 2.75) is 31.5 Å². The minimum Gasteiger partial charge on any atom is -0.380 e. The lowest BCUT2D eigenvalue weighted by Gasteiger charge is -2.32. The summed E-state index contributed by atoms with van der Waals surface area (Å²) in [6.45, 7) is 3.37. The van der Waals surface area contributed by atoms with Crippen LogP contribution in [0.25, 0.3) is 0 Å². The minimum atomic E-state index is -0.598. The fourth-order valence-electron chi connectivity index (χ4n) is 2.09. The molecule has 2 aliphatic rings. The van der Waals surface area contributed by atoms with Crippen LogP contribution >= 0.6 is 0 Å². The molecule has 2 heterocycles. The molecule has 2 fully saturated rings. The summed E-state index contributed by atoms with van der Waals surface area (Å²) in [6.07, 6.45) is 2.26. The van der Waals surface area contributed by atoms with Crippen molar-refractivity contribution in [2.75, 3.05) is 26.3 Å². The van der Waals surface area contributed by atoms with Gasteiger partial charge in [0.1, 0.15) is 6.17 Å². The third-order valence-corrected chi connectivity index (χ3v) is 2.82. The van der Waals surface area contributed by atoms with Crippen LogP contribution < -0.4 is 0 Å². The summed E-state index contributed by atoms with van der Waals surface area (Å²) in [6, 6.07) is 0.503. The van der Waals surface area contributed by atoms with E-state index < -0.39 is 6.17 Å². The lowest BCUT2D eigenvalue weighted by atomic mass is 10.1. The summed E-state index contributed by atoms with van der Waals surface area (Å²) >= 11 is 0. The predicted octanol–water partition coefficient (Wildman–Crippen LogP) is 1.21. The van der Waals surface area contributed by atoms with Crippen molar-refractivity contribution in [2.24, 2.45) is 0 Å². The molecule has 3 heteroatoms. The molecule has 0 radical (unpaired) electrons. The Morgan fingerprint density at radius 3 is 2.92 bits per heavy atom. The van der Waals surface area contributed by atoms with E-state index in [1.807, 2.05) is 0 Å². The normalized spacial score (nSPS) is 38.8. The second-order valence-electron chi connectivity index (χ2n) is 3.75. The maximum atomic E-state index is 13.0. The Bertz CT molecular complexity index is 147. The smallest absolute Gasteiger partial charge is 0.113 e. The molecule has 2 atom stereocenters. The van der Waals surface area contributed by atoms with Crippen LogP contribution in [0, 0.1) is 0 Å². The minimum absolute atomic E-state index is 0.503. The standard InChI is InChI=1S/C9H16FNO/c10-8-2-1-4-11(6-8)9-3-5-12-7-9/h8-9H,1-7H2/t8-,9+/m0/s1. The Morgan fingerprint density at radius 1 is 1.33 bits per heavy atom. The topological polar surface area (TPSA) is 12.5 Å². The maximum Gasteiger partial charge on any atom is 0.113 e. The molecule has 12 heavy (non-hydrogen) atoms. The first kappa shape index (κ1) is 8.45. The zero-order chi connectivity index (χ0) is 8.39. The van der Waals surface area contributed by atoms with Gasteiger partial charge >= 0.3 is 0 Å². The second kappa shape index (κ2) is 3.71. The first-order chi connectivity index (χ1) is 5.86. The van der Waals surface area contributed by atoms with Crippen LogP contribution in [0.1, 0.15) is 19.3 Å². The summed E-state index contributed by atoms with van der Waals surface area (Å²) in [5, 5.41) is 0. The van der Waals surface area contributed by atoms with Crippen LogP contribution in [0.15, 0.2) is 0 Å². The Morgan fingerprint density at radius 2 is 2.25 bits per heavy atom.